The summed E-state index contributed by atoms with van der Waals surface area (Å²) in [4.78, 5) is 0. The van der Waals surface area contributed by atoms with Gasteiger partial charge in [0.25, 0.3) is 0 Å². The lowest BCUT2D eigenvalue weighted by Gasteiger charge is -2.31. The lowest BCUT2D eigenvalue weighted by molar-refractivity contribution is -0.210. The maximum Gasteiger partial charge on any atom is 0.173 e. The molecule has 0 unspecified atom stereocenters. The molecule has 0 radical (unpaired) electrons. The molecule has 0 aromatic heterocycles. The Labute approximate surface area is 137 Å². The van der Waals surface area contributed by atoms with Gasteiger partial charge in [-0.25, -0.2) is 0 Å². The van der Waals surface area contributed by atoms with Gasteiger partial charge >= 0.3 is 0 Å². The molecule has 2 fully saturated rings. The van der Waals surface area contributed by atoms with Crippen molar-refractivity contribution in [3.05, 3.63) is 29.8 Å². The summed E-state index contributed by atoms with van der Waals surface area (Å²) in [6.07, 6.45) is 4.16. The van der Waals surface area contributed by atoms with Crippen LogP contribution >= 0.6 is 0 Å². The number of rotatable bonds is 3. The lowest BCUT2D eigenvalue weighted by Crippen LogP contribution is -2.39. The Morgan fingerprint density at radius 2 is 2.09 bits per heavy atom. The van der Waals surface area contributed by atoms with Crippen molar-refractivity contribution in [2.24, 2.45) is 0 Å². The molecule has 2 saturated heterocycles. The molecular weight excluding hydrogens is 292 g/mol. The summed E-state index contributed by atoms with van der Waals surface area (Å²) in [5.41, 5.74) is 2.62. The number of fused-ring (bicyclic) bond motifs is 1. The molecule has 126 valence electrons. The van der Waals surface area contributed by atoms with Crippen LogP contribution in [-0.4, -0.2) is 44.8 Å². The largest absolute Gasteiger partial charge is 0.385 e. The summed E-state index contributed by atoms with van der Waals surface area (Å²) in [5.74, 6) is -0.381. The fraction of sp³-hybridized carbons (Fsp3) is 0.667. The molecular formula is C18H26N2O3. The number of anilines is 1. The SMILES string of the molecule is c1ccc2c(c1)NCCC[C@H]2NC[C@@H]1COC2(CCOCC2)O1. The molecule has 0 amide bonds. The van der Waals surface area contributed by atoms with Gasteiger partial charge in [-0.2, -0.15) is 0 Å². The van der Waals surface area contributed by atoms with Gasteiger partial charge in [0.1, 0.15) is 0 Å². The fourth-order valence-corrected chi connectivity index (χ4v) is 3.79. The fourth-order valence-electron chi connectivity index (χ4n) is 3.79. The summed E-state index contributed by atoms with van der Waals surface area (Å²) in [6.45, 7) is 4.03. The molecule has 3 heterocycles. The predicted molar refractivity (Wildman–Crippen MR) is 88.5 cm³/mol. The van der Waals surface area contributed by atoms with Crippen LogP contribution in [-0.2, 0) is 14.2 Å². The van der Waals surface area contributed by atoms with Crippen LogP contribution in [0.4, 0.5) is 5.69 Å². The van der Waals surface area contributed by atoms with Crippen molar-refractivity contribution in [3.63, 3.8) is 0 Å². The lowest BCUT2D eigenvalue weighted by atomic mass is 10.0. The van der Waals surface area contributed by atoms with E-state index in [0.717, 1.165) is 45.6 Å². The van der Waals surface area contributed by atoms with E-state index in [9.17, 15) is 0 Å². The van der Waals surface area contributed by atoms with E-state index in [2.05, 4.69) is 34.9 Å². The van der Waals surface area contributed by atoms with Gasteiger partial charge in [0.2, 0.25) is 0 Å². The van der Waals surface area contributed by atoms with Crippen LogP contribution in [0.3, 0.4) is 0 Å². The Balaban J connectivity index is 1.36. The first-order valence-electron chi connectivity index (χ1n) is 8.80. The predicted octanol–water partition coefficient (Wildman–Crippen LogP) is 2.45. The molecule has 2 N–H and O–H groups in total. The Kier molecular flexibility index (Phi) is 4.53. The Morgan fingerprint density at radius 3 is 3.00 bits per heavy atom. The highest BCUT2D eigenvalue weighted by atomic mass is 16.7. The smallest absolute Gasteiger partial charge is 0.173 e. The first kappa shape index (κ1) is 15.4. The first-order valence-corrected chi connectivity index (χ1v) is 8.80. The summed E-state index contributed by atoms with van der Waals surface area (Å²) in [5, 5.41) is 7.23. The van der Waals surface area contributed by atoms with E-state index in [1.54, 1.807) is 0 Å². The maximum atomic E-state index is 6.22. The van der Waals surface area contributed by atoms with Crippen LogP contribution in [0.1, 0.15) is 37.3 Å². The van der Waals surface area contributed by atoms with Gasteiger partial charge in [0, 0.05) is 37.7 Å². The number of benzene rings is 1. The summed E-state index contributed by atoms with van der Waals surface area (Å²) < 4.78 is 17.6. The quantitative estimate of drug-likeness (QED) is 0.896. The van der Waals surface area contributed by atoms with Crippen LogP contribution in [0.15, 0.2) is 24.3 Å². The molecule has 5 heteroatoms. The zero-order valence-electron chi connectivity index (χ0n) is 13.6. The van der Waals surface area contributed by atoms with Crippen LogP contribution in [0.25, 0.3) is 0 Å². The van der Waals surface area contributed by atoms with Crippen molar-refractivity contribution in [3.8, 4) is 0 Å². The summed E-state index contributed by atoms with van der Waals surface area (Å²) >= 11 is 0. The number of ether oxygens (including phenoxy) is 3. The molecule has 5 nitrogen and oxygen atoms in total. The van der Waals surface area contributed by atoms with E-state index < -0.39 is 0 Å². The standard InChI is InChI=1S/C18H26N2O3/c1-2-5-16-15(4-1)17(6-3-9-19-16)20-12-14-13-22-18(23-14)7-10-21-11-8-18/h1-2,4-5,14,17,19-20H,3,6-13H2/t14-,17-/m1/s1. The van der Waals surface area contributed by atoms with Crippen molar-refractivity contribution >= 4 is 5.69 Å². The van der Waals surface area contributed by atoms with E-state index in [1.165, 1.54) is 17.7 Å². The number of nitrogens with one attached hydrogen (secondary N) is 2. The van der Waals surface area contributed by atoms with Crippen LogP contribution in [0.5, 0.6) is 0 Å². The summed E-state index contributed by atoms with van der Waals surface area (Å²) in [6, 6.07) is 8.99. The molecule has 4 rings (SSSR count). The second-order valence-electron chi connectivity index (χ2n) is 6.69. The van der Waals surface area contributed by atoms with Crippen molar-refractivity contribution in [2.75, 3.05) is 38.2 Å². The number of hydrogen-bond donors (Lipinski definition) is 2. The molecule has 3 aliphatic rings. The van der Waals surface area contributed by atoms with Gasteiger partial charge in [-0.15, -0.1) is 0 Å². The van der Waals surface area contributed by atoms with Crippen molar-refractivity contribution in [1.82, 2.24) is 5.32 Å². The van der Waals surface area contributed by atoms with E-state index in [1.807, 2.05) is 0 Å². The van der Waals surface area contributed by atoms with Crippen LogP contribution in [0, 0.1) is 0 Å². The first-order chi connectivity index (χ1) is 11.3. The van der Waals surface area contributed by atoms with Gasteiger partial charge in [0.05, 0.1) is 25.9 Å². The second kappa shape index (κ2) is 6.77. The Bertz CT molecular complexity index is 531. The monoisotopic (exact) mass is 318 g/mol. The highest BCUT2D eigenvalue weighted by Gasteiger charge is 2.42. The third kappa shape index (κ3) is 3.38. The number of hydrogen-bond acceptors (Lipinski definition) is 5. The summed E-state index contributed by atoms with van der Waals surface area (Å²) in [7, 11) is 0. The van der Waals surface area contributed by atoms with Gasteiger partial charge in [-0.3, -0.25) is 0 Å². The van der Waals surface area contributed by atoms with Gasteiger partial charge < -0.3 is 24.8 Å². The average molecular weight is 318 g/mol. The zero-order chi connectivity index (χ0) is 15.5. The van der Waals surface area contributed by atoms with Crippen molar-refractivity contribution in [2.45, 2.75) is 43.6 Å². The molecule has 0 bridgehead atoms. The minimum Gasteiger partial charge on any atom is -0.385 e. The van der Waals surface area contributed by atoms with Gasteiger partial charge in [0.15, 0.2) is 5.79 Å². The highest BCUT2D eigenvalue weighted by Crippen LogP contribution is 2.34. The minimum absolute atomic E-state index is 0.136. The second-order valence-corrected chi connectivity index (χ2v) is 6.69. The van der Waals surface area contributed by atoms with E-state index >= 15 is 0 Å². The van der Waals surface area contributed by atoms with Crippen LogP contribution in [0.2, 0.25) is 0 Å². The normalized spacial score (nSPS) is 29.7. The molecule has 0 aliphatic carbocycles. The minimum atomic E-state index is -0.381. The maximum absolute atomic E-state index is 6.22. The third-order valence-electron chi connectivity index (χ3n) is 5.08. The van der Waals surface area contributed by atoms with Crippen molar-refractivity contribution < 1.29 is 14.2 Å². The van der Waals surface area contributed by atoms with Gasteiger partial charge in [-0.1, -0.05) is 18.2 Å². The third-order valence-corrected chi connectivity index (χ3v) is 5.08. The zero-order valence-corrected chi connectivity index (χ0v) is 13.6. The number of para-hydroxylation sites is 1. The highest BCUT2D eigenvalue weighted by molar-refractivity contribution is 5.53. The van der Waals surface area contributed by atoms with E-state index in [4.69, 9.17) is 14.2 Å². The molecule has 1 aromatic rings. The Morgan fingerprint density at radius 1 is 1.22 bits per heavy atom. The molecule has 1 spiro atoms. The molecule has 2 atom stereocenters. The molecule has 1 aromatic carbocycles. The van der Waals surface area contributed by atoms with Crippen molar-refractivity contribution in [1.29, 1.82) is 0 Å². The molecule has 0 saturated carbocycles. The Hall–Kier alpha value is -1.14. The average Bonchev–Trinajstić information content (AvgIpc) is 2.86. The molecule has 23 heavy (non-hydrogen) atoms. The topological polar surface area (TPSA) is 51.8 Å². The van der Waals surface area contributed by atoms with Gasteiger partial charge in [-0.05, 0) is 24.5 Å². The molecule has 3 aliphatic heterocycles. The van der Waals surface area contributed by atoms with E-state index in [-0.39, 0.29) is 11.9 Å². The van der Waals surface area contributed by atoms with E-state index in [0.29, 0.717) is 12.6 Å². The van der Waals surface area contributed by atoms with Crippen LogP contribution < -0.4 is 10.6 Å².